The van der Waals surface area contributed by atoms with Gasteiger partial charge in [-0.3, -0.25) is 9.10 Å². The number of hydrogen-bond acceptors (Lipinski definition) is 3. The van der Waals surface area contributed by atoms with Crippen molar-refractivity contribution in [2.24, 2.45) is 5.92 Å². The average molecular weight is 407 g/mol. The second kappa shape index (κ2) is 9.49. The zero-order valence-electron chi connectivity index (χ0n) is 16.4. The third-order valence-electron chi connectivity index (χ3n) is 5.62. The third-order valence-corrected chi connectivity index (χ3v) is 7.15. The maximum absolute atomic E-state index is 13.4. The number of nitrogens with zero attached hydrogens (tertiary/aromatic N) is 2. The van der Waals surface area contributed by atoms with Gasteiger partial charge in [-0.05, 0) is 63.3 Å². The molecule has 1 aromatic carbocycles. The van der Waals surface area contributed by atoms with Gasteiger partial charge in [0.15, 0.2) is 0 Å². The first-order valence-corrected chi connectivity index (χ1v) is 11.3. The summed E-state index contributed by atoms with van der Waals surface area (Å²) in [6, 6.07) is 8.39. The van der Waals surface area contributed by atoms with Crippen LogP contribution >= 0.6 is 23.5 Å². The summed E-state index contributed by atoms with van der Waals surface area (Å²) in [4.78, 5) is 15.6. The van der Waals surface area contributed by atoms with Gasteiger partial charge in [0.2, 0.25) is 5.91 Å². The SMILES string of the molecule is C=CCC1CCC(c2ccc(Cl)cc2)N(C(CC)CN(C)SC2CC2)C1=O. The summed E-state index contributed by atoms with van der Waals surface area (Å²) in [6.45, 7) is 6.97. The van der Waals surface area contributed by atoms with Crippen LogP contribution in [0.15, 0.2) is 36.9 Å². The average Bonchev–Trinajstić information content (AvgIpc) is 3.46. The molecule has 1 amide bonds. The molecular weight excluding hydrogens is 376 g/mol. The molecule has 1 aliphatic heterocycles. The van der Waals surface area contributed by atoms with Crippen LogP contribution in [0.2, 0.25) is 5.02 Å². The van der Waals surface area contributed by atoms with E-state index in [4.69, 9.17) is 11.6 Å². The summed E-state index contributed by atoms with van der Waals surface area (Å²) in [6.07, 6.45) is 8.20. The molecular formula is C22H31ClN2OS. The smallest absolute Gasteiger partial charge is 0.226 e. The summed E-state index contributed by atoms with van der Waals surface area (Å²) >= 11 is 8.04. The molecule has 148 valence electrons. The van der Waals surface area contributed by atoms with Crippen molar-refractivity contribution in [3.63, 3.8) is 0 Å². The lowest BCUT2D eigenvalue weighted by molar-refractivity contribution is -0.145. The quantitative estimate of drug-likeness (QED) is 0.387. The lowest BCUT2D eigenvalue weighted by Crippen LogP contribution is -2.51. The van der Waals surface area contributed by atoms with E-state index >= 15 is 0 Å². The molecule has 0 radical (unpaired) electrons. The van der Waals surface area contributed by atoms with Crippen molar-refractivity contribution in [3.05, 3.63) is 47.5 Å². The molecule has 1 saturated carbocycles. The topological polar surface area (TPSA) is 23.6 Å². The first-order chi connectivity index (χ1) is 13.0. The molecule has 0 aromatic heterocycles. The minimum absolute atomic E-state index is 0.0708. The highest BCUT2D eigenvalue weighted by molar-refractivity contribution is 7.97. The molecule has 2 fully saturated rings. The molecule has 27 heavy (non-hydrogen) atoms. The zero-order valence-corrected chi connectivity index (χ0v) is 18.0. The van der Waals surface area contributed by atoms with Crippen molar-refractivity contribution in [2.45, 2.75) is 62.8 Å². The Balaban J connectivity index is 1.82. The lowest BCUT2D eigenvalue weighted by atomic mass is 9.85. The molecule has 3 nitrogen and oxygen atoms in total. The van der Waals surface area contributed by atoms with E-state index in [0.29, 0.717) is 0 Å². The van der Waals surface area contributed by atoms with Gasteiger partial charge < -0.3 is 4.90 Å². The van der Waals surface area contributed by atoms with Gasteiger partial charge in [0.05, 0.1) is 6.04 Å². The number of likely N-dealkylation sites (tertiary alicyclic amines) is 1. The number of piperidine rings is 1. The minimum Gasteiger partial charge on any atom is -0.331 e. The van der Waals surface area contributed by atoms with E-state index in [1.165, 1.54) is 18.4 Å². The van der Waals surface area contributed by atoms with Crippen LogP contribution < -0.4 is 0 Å². The third kappa shape index (κ3) is 5.30. The summed E-state index contributed by atoms with van der Waals surface area (Å²) in [5.41, 5.74) is 1.20. The molecule has 2 aliphatic rings. The molecule has 3 atom stereocenters. The van der Waals surface area contributed by atoms with Crippen LogP contribution in [-0.2, 0) is 4.79 Å². The zero-order chi connectivity index (χ0) is 19.4. The van der Waals surface area contributed by atoms with E-state index < -0.39 is 0 Å². The maximum atomic E-state index is 13.4. The first-order valence-electron chi connectivity index (χ1n) is 10.1. The number of halogens is 1. The van der Waals surface area contributed by atoms with Crippen molar-refractivity contribution in [2.75, 3.05) is 13.6 Å². The molecule has 3 unspecified atom stereocenters. The van der Waals surface area contributed by atoms with Crippen molar-refractivity contribution in [1.82, 2.24) is 9.21 Å². The number of carbonyl (C=O) groups is 1. The predicted octanol–water partition coefficient (Wildman–Crippen LogP) is 5.72. The van der Waals surface area contributed by atoms with Crippen LogP contribution in [-0.4, -0.2) is 40.0 Å². The fourth-order valence-corrected chi connectivity index (χ4v) is 5.27. The van der Waals surface area contributed by atoms with Crippen LogP contribution in [0.25, 0.3) is 0 Å². The van der Waals surface area contributed by atoms with Gasteiger partial charge >= 0.3 is 0 Å². The van der Waals surface area contributed by atoms with E-state index in [1.54, 1.807) is 0 Å². The lowest BCUT2D eigenvalue weighted by Gasteiger charge is -2.45. The number of hydrogen-bond donors (Lipinski definition) is 0. The summed E-state index contributed by atoms with van der Waals surface area (Å²) in [5, 5.41) is 1.52. The monoisotopic (exact) mass is 406 g/mol. The number of amides is 1. The Labute approximate surface area is 173 Å². The normalized spacial score (nSPS) is 24.3. The van der Waals surface area contributed by atoms with Crippen LogP contribution in [0.1, 0.15) is 57.1 Å². The van der Waals surface area contributed by atoms with E-state index in [0.717, 1.165) is 42.5 Å². The molecule has 1 aromatic rings. The Morgan fingerprint density at radius 2 is 2.00 bits per heavy atom. The number of benzene rings is 1. The summed E-state index contributed by atoms with van der Waals surface area (Å²) in [7, 11) is 2.17. The Bertz CT molecular complexity index is 646. The van der Waals surface area contributed by atoms with Gasteiger partial charge in [-0.15, -0.1) is 6.58 Å². The Morgan fingerprint density at radius 1 is 1.30 bits per heavy atom. The molecule has 1 aliphatic carbocycles. The van der Waals surface area contributed by atoms with Crippen molar-refractivity contribution < 1.29 is 4.79 Å². The summed E-state index contributed by atoms with van der Waals surface area (Å²) in [5.74, 6) is 0.360. The predicted molar refractivity (Wildman–Crippen MR) is 116 cm³/mol. The first kappa shape index (κ1) is 20.8. The van der Waals surface area contributed by atoms with Crippen molar-refractivity contribution >= 4 is 29.5 Å². The Kier molecular flexibility index (Phi) is 7.29. The van der Waals surface area contributed by atoms with Crippen LogP contribution in [0.4, 0.5) is 0 Å². The van der Waals surface area contributed by atoms with Crippen LogP contribution in [0.5, 0.6) is 0 Å². The largest absolute Gasteiger partial charge is 0.331 e. The second-order valence-electron chi connectivity index (χ2n) is 7.79. The number of likely N-dealkylation sites (N-methyl/N-ethyl adjacent to an activating group) is 1. The maximum Gasteiger partial charge on any atom is 0.226 e. The Hall–Kier alpha value is -0.970. The molecule has 1 heterocycles. The van der Waals surface area contributed by atoms with E-state index in [-0.39, 0.29) is 23.9 Å². The molecule has 0 spiro atoms. The molecule has 5 heteroatoms. The molecule has 0 N–H and O–H groups in total. The van der Waals surface area contributed by atoms with Gasteiger partial charge in [-0.2, -0.15) is 0 Å². The van der Waals surface area contributed by atoms with Crippen molar-refractivity contribution in [3.8, 4) is 0 Å². The van der Waals surface area contributed by atoms with Crippen LogP contribution in [0, 0.1) is 5.92 Å². The van der Waals surface area contributed by atoms with Crippen molar-refractivity contribution in [1.29, 1.82) is 0 Å². The Morgan fingerprint density at radius 3 is 2.59 bits per heavy atom. The van der Waals surface area contributed by atoms with Gasteiger partial charge in [-0.1, -0.05) is 48.7 Å². The minimum atomic E-state index is 0.0708. The number of carbonyl (C=O) groups excluding carboxylic acids is 1. The van der Waals surface area contributed by atoms with E-state index in [9.17, 15) is 4.79 Å². The molecule has 1 saturated heterocycles. The highest BCUT2D eigenvalue weighted by atomic mass is 35.5. The highest BCUT2D eigenvalue weighted by Crippen LogP contribution is 2.40. The van der Waals surface area contributed by atoms with E-state index in [2.05, 4.69) is 41.9 Å². The summed E-state index contributed by atoms with van der Waals surface area (Å²) < 4.78 is 2.34. The van der Waals surface area contributed by atoms with Gasteiger partial charge in [0, 0.05) is 28.8 Å². The second-order valence-corrected chi connectivity index (χ2v) is 9.73. The van der Waals surface area contributed by atoms with Gasteiger partial charge in [-0.25, -0.2) is 0 Å². The van der Waals surface area contributed by atoms with Gasteiger partial charge in [0.25, 0.3) is 0 Å². The fraction of sp³-hybridized carbons (Fsp3) is 0.591. The van der Waals surface area contributed by atoms with Crippen LogP contribution in [0.3, 0.4) is 0 Å². The van der Waals surface area contributed by atoms with E-state index in [1.807, 2.05) is 30.2 Å². The molecule has 0 bridgehead atoms. The highest BCUT2D eigenvalue weighted by Gasteiger charge is 2.39. The fourth-order valence-electron chi connectivity index (χ4n) is 4.03. The molecule has 3 rings (SSSR count). The number of rotatable bonds is 9. The number of allylic oxidation sites excluding steroid dienone is 1. The standard InChI is InChI=1S/C22H31ClN2OS/c1-4-6-17-9-14-21(16-7-10-18(23)11-8-16)25(22(17)26)19(5-2)15-24(3)27-20-12-13-20/h4,7-8,10-11,17,19-21H,1,5-6,9,12-15H2,2-3H3. The van der Waals surface area contributed by atoms with Gasteiger partial charge in [0.1, 0.15) is 0 Å².